The second kappa shape index (κ2) is 7.63. The lowest BCUT2D eigenvalue weighted by atomic mass is 10.3. The highest BCUT2D eigenvalue weighted by molar-refractivity contribution is 4.52. The Morgan fingerprint density at radius 3 is 2.55 bits per heavy atom. The van der Waals surface area contributed by atoms with Gasteiger partial charge in [0.25, 0.3) is 0 Å². The van der Waals surface area contributed by atoms with Gasteiger partial charge in [0.1, 0.15) is 0 Å². The molecule has 0 unspecified atom stereocenters. The molecule has 0 aromatic heterocycles. The molecule has 0 aromatic rings. The van der Waals surface area contributed by atoms with Crippen LogP contribution in [0.3, 0.4) is 0 Å². The van der Waals surface area contributed by atoms with Crippen LogP contribution in [0.5, 0.6) is 0 Å². The monoisotopic (exact) mass is 158 g/mol. The molecule has 3 N–H and O–H groups in total. The largest absolute Gasteiger partial charge is 0.330 e. The summed E-state index contributed by atoms with van der Waals surface area (Å²) in [4.78, 5) is 2.22. The van der Waals surface area contributed by atoms with Gasteiger partial charge < -0.3 is 10.6 Å². The summed E-state index contributed by atoms with van der Waals surface area (Å²) in [6.07, 6.45) is 2.03. The molecule has 4 nitrogen and oxygen atoms in total. The fourth-order valence-electron chi connectivity index (χ4n) is 0.893. The van der Waals surface area contributed by atoms with Gasteiger partial charge in [-0.05, 0) is 39.5 Å². The lowest BCUT2D eigenvalue weighted by molar-refractivity contribution is 0.328. The molecular formula is C7H18N4. The number of nitrogens with two attached hydrogens (primary N) is 1. The van der Waals surface area contributed by atoms with Crippen molar-refractivity contribution in [3.05, 3.63) is 0 Å². The quantitative estimate of drug-likeness (QED) is 0.423. The van der Waals surface area contributed by atoms with Crippen molar-refractivity contribution >= 4 is 0 Å². The van der Waals surface area contributed by atoms with Gasteiger partial charge in [0, 0.05) is 0 Å². The highest BCUT2D eigenvalue weighted by Crippen LogP contribution is 1.89. The molecule has 0 fully saturated rings. The van der Waals surface area contributed by atoms with Crippen molar-refractivity contribution in [2.45, 2.75) is 12.8 Å². The van der Waals surface area contributed by atoms with E-state index in [0.29, 0.717) is 6.54 Å². The van der Waals surface area contributed by atoms with Crippen LogP contribution in [-0.4, -0.2) is 38.1 Å². The van der Waals surface area contributed by atoms with Crippen LogP contribution >= 0.6 is 0 Å². The second-order valence-electron chi connectivity index (χ2n) is 2.68. The Labute approximate surface area is 68.3 Å². The maximum Gasteiger partial charge on any atom is 0.0608 e. The van der Waals surface area contributed by atoms with E-state index in [4.69, 9.17) is 11.3 Å². The third kappa shape index (κ3) is 7.42. The van der Waals surface area contributed by atoms with E-state index in [1.165, 1.54) is 0 Å². The second-order valence-corrected chi connectivity index (χ2v) is 2.68. The fraction of sp³-hybridized carbons (Fsp3) is 1.00. The summed E-state index contributed by atoms with van der Waals surface area (Å²) < 4.78 is 0. The van der Waals surface area contributed by atoms with E-state index in [1.54, 1.807) is 0 Å². The molecule has 0 saturated carbocycles. The van der Waals surface area contributed by atoms with Crippen molar-refractivity contribution < 1.29 is 0 Å². The Morgan fingerprint density at radius 1 is 1.36 bits per heavy atom. The van der Waals surface area contributed by atoms with Crippen molar-refractivity contribution in [1.29, 1.82) is 5.53 Å². The molecule has 4 heteroatoms. The van der Waals surface area contributed by atoms with E-state index in [2.05, 4.69) is 17.1 Å². The molecule has 0 amide bonds. The summed E-state index contributed by atoms with van der Waals surface area (Å²) in [5, 5.41) is 3.29. The fourth-order valence-corrected chi connectivity index (χ4v) is 0.893. The molecule has 0 spiro atoms. The molecule has 0 aromatic carbocycles. The van der Waals surface area contributed by atoms with E-state index >= 15 is 0 Å². The molecule has 0 rings (SSSR count). The van der Waals surface area contributed by atoms with Crippen LogP contribution in [0.2, 0.25) is 0 Å². The Morgan fingerprint density at radius 2 is 2.00 bits per heavy atom. The first kappa shape index (κ1) is 10.5. The first-order valence-electron chi connectivity index (χ1n) is 4.03. The first-order valence-corrected chi connectivity index (χ1v) is 4.03. The van der Waals surface area contributed by atoms with Crippen LogP contribution in [0.25, 0.3) is 0 Å². The summed E-state index contributed by atoms with van der Waals surface area (Å²) in [6, 6.07) is 0. The van der Waals surface area contributed by atoms with Crippen LogP contribution < -0.4 is 5.73 Å². The van der Waals surface area contributed by atoms with Crippen molar-refractivity contribution in [1.82, 2.24) is 4.90 Å². The van der Waals surface area contributed by atoms with Crippen LogP contribution in [0.1, 0.15) is 12.8 Å². The van der Waals surface area contributed by atoms with Gasteiger partial charge in [-0.15, -0.1) is 0 Å². The predicted molar refractivity (Wildman–Crippen MR) is 45.8 cm³/mol. The molecule has 0 atom stereocenters. The zero-order valence-electron chi connectivity index (χ0n) is 7.21. The molecule has 0 saturated heterocycles. The van der Waals surface area contributed by atoms with E-state index in [1.807, 2.05) is 0 Å². The molecular weight excluding hydrogens is 140 g/mol. The van der Waals surface area contributed by atoms with E-state index in [-0.39, 0.29) is 0 Å². The van der Waals surface area contributed by atoms with Crippen LogP contribution in [0.4, 0.5) is 0 Å². The average molecular weight is 158 g/mol. The Hall–Kier alpha value is -0.480. The van der Waals surface area contributed by atoms with Gasteiger partial charge in [0.2, 0.25) is 0 Å². The van der Waals surface area contributed by atoms with Crippen molar-refractivity contribution in [3.8, 4) is 0 Å². The summed E-state index contributed by atoms with van der Waals surface area (Å²) in [7, 11) is 2.07. The molecule has 66 valence electrons. The Bertz CT molecular complexity index is 94.4. The molecule has 0 radical (unpaired) electrons. The minimum absolute atomic E-state index is 0.646. The standard InChI is InChI=1S/C7H18N4/c1-11(6-2-4-8)7-3-5-10-9/h9H,2-8H2,1H3. The molecule has 0 aliphatic heterocycles. The van der Waals surface area contributed by atoms with Crippen molar-refractivity contribution in [2.24, 2.45) is 10.8 Å². The van der Waals surface area contributed by atoms with Crippen molar-refractivity contribution in [3.63, 3.8) is 0 Å². The van der Waals surface area contributed by atoms with Gasteiger partial charge >= 0.3 is 0 Å². The maximum absolute atomic E-state index is 6.57. The lowest BCUT2D eigenvalue weighted by Crippen LogP contribution is -2.23. The van der Waals surface area contributed by atoms with E-state index < -0.39 is 0 Å². The summed E-state index contributed by atoms with van der Waals surface area (Å²) in [6.45, 7) is 3.47. The van der Waals surface area contributed by atoms with Crippen LogP contribution in [0.15, 0.2) is 5.11 Å². The number of hydrogen-bond acceptors (Lipinski definition) is 4. The number of nitrogens with one attached hydrogen (secondary N) is 1. The number of hydrogen-bond donors (Lipinski definition) is 2. The van der Waals surface area contributed by atoms with Crippen molar-refractivity contribution in [2.75, 3.05) is 33.2 Å². The Balaban J connectivity index is 3.08. The lowest BCUT2D eigenvalue weighted by Gasteiger charge is -2.14. The molecule has 11 heavy (non-hydrogen) atoms. The summed E-state index contributed by atoms with van der Waals surface area (Å²) >= 11 is 0. The van der Waals surface area contributed by atoms with Crippen LogP contribution in [-0.2, 0) is 0 Å². The minimum atomic E-state index is 0.646. The minimum Gasteiger partial charge on any atom is -0.330 e. The van der Waals surface area contributed by atoms with Gasteiger partial charge in [-0.2, -0.15) is 5.11 Å². The highest BCUT2D eigenvalue weighted by Gasteiger charge is 1.95. The Kier molecular flexibility index (Phi) is 7.29. The zero-order chi connectivity index (χ0) is 8.53. The van der Waals surface area contributed by atoms with Gasteiger partial charge in [0.05, 0.1) is 6.54 Å². The third-order valence-corrected chi connectivity index (χ3v) is 1.55. The molecule has 0 heterocycles. The van der Waals surface area contributed by atoms with Crippen LogP contribution in [0, 0.1) is 5.53 Å². The summed E-state index contributed by atoms with van der Waals surface area (Å²) in [5.41, 5.74) is 11.9. The average Bonchev–Trinajstić information content (AvgIpc) is 2.01. The SMILES string of the molecule is CN(CCCN)CCCN=N. The number of nitrogens with zero attached hydrogens (tertiary/aromatic N) is 2. The normalized spacial score (nSPS) is 10.5. The van der Waals surface area contributed by atoms with Gasteiger partial charge in [-0.3, -0.25) is 0 Å². The molecule has 0 aliphatic rings. The smallest absolute Gasteiger partial charge is 0.0608 e. The zero-order valence-corrected chi connectivity index (χ0v) is 7.21. The van der Waals surface area contributed by atoms with E-state index in [0.717, 1.165) is 32.5 Å². The maximum atomic E-state index is 6.57. The van der Waals surface area contributed by atoms with Gasteiger partial charge in [0.15, 0.2) is 0 Å². The molecule has 0 bridgehead atoms. The number of rotatable bonds is 7. The van der Waals surface area contributed by atoms with Gasteiger partial charge in [-0.25, -0.2) is 5.53 Å². The molecule has 0 aliphatic carbocycles. The topological polar surface area (TPSA) is 65.5 Å². The predicted octanol–water partition coefficient (Wildman–Crippen LogP) is 0.688. The summed E-state index contributed by atoms with van der Waals surface area (Å²) in [5.74, 6) is 0. The first-order chi connectivity index (χ1) is 5.31. The third-order valence-electron chi connectivity index (χ3n) is 1.55. The highest BCUT2D eigenvalue weighted by atomic mass is 15.1. The van der Waals surface area contributed by atoms with Gasteiger partial charge in [-0.1, -0.05) is 0 Å². The van der Waals surface area contributed by atoms with E-state index in [9.17, 15) is 0 Å².